The maximum absolute atomic E-state index is 12.3. The molecule has 0 aliphatic heterocycles. The van der Waals surface area contributed by atoms with Gasteiger partial charge in [-0.05, 0) is 43.7 Å². The molecule has 1 aliphatic carbocycles. The van der Waals surface area contributed by atoms with E-state index < -0.39 is 0 Å². The highest BCUT2D eigenvalue weighted by atomic mass is 32.1. The van der Waals surface area contributed by atoms with Crippen LogP contribution in [-0.2, 0) is 19.4 Å². The highest BCUT2D eigenvalue weighted by Crippen LogP contribution is 2.21. The number of aromatic nitrogens is 1. The zero-order chi connectivity index (χ0) is 12.4. The molecule has 4 heteroatoms. The quantitative estimate of drug-likeness (QED) is 0.832. The molecule has 0 amide bonds. The summed E-state index contributed by atoms with van der Waals surface area (Å²) in [4.78, 5) is 12.5. The van der Waals surface area contributed by atoms with Gasteiger partial charge in [0.05, 0.1) is 5.56 Å². The molecule has 0 fully saturated rings. The van der Waals surface area contributed by atoms with Crippen LogP contribution >= 0.6 is 12.2 Å². The third kappa shape index (κ3) is 2.27. The van der Waals surface area contributed by atoms with Gasteiger partial charge in [0, 0.05) is 12.2 Å². The van der Waals surface area contributed by atoms with Crippen LogP contribution in [0.1, 0.15) is 43.0 Å². The summed E-state index contributed by atoms with van der Waals surface area (Å²) in [6.07, 6.45) is 5.35. The summed E-state index contributed by atoms with van der Waals surface area (Å²) in [5.74, 6) is 0. The third-order valence-corrected chi connectivity index (χ3v) is 3.53. The Bertz CT molecular complexity index is 505. The van der Waals surface area contributed by atoms with Crippen molar-refractivity contribution < 1.29 is 0 Å². The third-order valence-electron chi connectivity index (χ3n) is 3.31. The molecule has 0 saturated heterocycles. The first-order chi connectivity index (χ1) is 8.15. The number of thiocarbonyl (C=S) groups is 1. The van der Waals surface area contributed by atoms with Crippen LogP contribution in [0.15, 0.2) is 10.9 Å². The van der Waals surface area contributed by atoms with Crippen molar-refractivity contribution in [2.45, 2.75) is 45.6 Å². The lowest BCUT2D eigenvalue weighted by molar-refractivity contribution is 0.565. The Morgan fingerprint density at radius 2 is 2.18 bits per heavy atom. The van der Waals surface area contributed by atoms with E-state index in [9.17, 15) is 4.79 Å². The van der Waals surface area contributed by atoms with Crippen LogP contribution in [-0.4, -0.2) is 9.56 Å². The van der Waals surface area contributed by atoms with Crippen LogP contribution in [0.3, 0.4) is 0 Å². The smallest absolute Gasteiger partial charge is 0.261 e. The molecular weight excluding hydrogens is 232 g/mol. The van der Waals surface area contributed by atoms with Crippen molar-refractivity contribution in [3.8, 4) is 0 Å². The van der Waals surface area contributed by atoms with Gasteiger partial charge in [-0.1, -0.05) is 19.1 Å². The number of hydrogen-bond acceptors (Lipinski definition) is 2. The van der Waals surface area contributed by atoms with Gasteiger partial charge in [0.2, 0.25) is 0 Å². The van der Waals surface area contributed by atoms with Gasteiger partial charge in [0.15, 0.2) is 0 Å². The Morgan fingerprint density at radius 1 is 1.47 bits per heavy atom. The van der Waals surface area contributed by atoms with E-state index in [0.717, 1.165) is 25.8 Å². The summed E-state index contributed by atoms with van der Waals surface area (Å²) >= 11 is 4.96. The van der Waals surface area contributed by atoms with Gasteiger partial charge in [-0.3, -0.25) is 4.79 Å². The van der Waals surface area contributed by atoms with E-state index in [1.54, 1.807) is 0 Å². The average Bonchev–Trinajstić information content (AvgIpc) is 2.32. The van der Waals surface area contributed by atoms with Crippen LogP contribution in [0.25, 0.3) is 0 Å². The van der Waals surface area contributed by atoms with E-state index in [1.807, 2.05) is 10.6 Å². The fourth-order valence-electron chi connectivity index (χ4n) is 2.52. The molecule has 1 aromatic heterocycles. The Balaban J connectivity index is 2.64. The van der Waals surface area contributed by atoms with Gasteiger partial charge in [0.25, 0.3) is 5.56 Å². The fraction of sp³-hybridized carbons (Fsp3) is 0.538. The molecule has 0 bridgehead atoms. The van der Waals surface area contributed by atoms with E-state index in [4.69, 9.17) is 18.0 Å². The number of hydrogen-bond donors (Lipinski definition) is 1. The minimum absolute atomic E-state index is 0.0139. The topological polar surface area (TPSA) is 48.0 Å². The van der Waals surface area contributed by atoms with Crippen molar-refractivity contribution >= 4 is 17.2 Å². The summed E-state index contributed by atoms with van der Waals surface area (Å²) in [6.45, 7) is 2.84. The van der Waals surface area contributed by atoms with E-state index in [2.05, 4.69) is 6.92 Å². The van der Waals surface area contributed by atoms with Crippen LogP contribution < -0.4 is 11.3 Å². The summed E-state index contributed by atoms with van der Waals surface area (Å²) in [7, 11) is 0. The first-order valence-corrected chi connectivity index (χ1v) is 6.61. The van der Waals surface area contributed by atoms with Crippen molar-refractivity contribution in [1.82, 2.24) is 4.57 Å². The summed E-state index contributed by atoms with van der Waals surface area (Å²) in [5.41, 5.74) is 8.58. The number of fused-ring (bicyclic) bond motifs is 1. The Kier molecular flexibility index (Phi) is 3.62. The zero-order valence-corrected chi connectivity index (χ0v) is 11.0. The molecule has 1 heterocycles. The van der Waals surface area contributed by atoms with Crippen LogP contribution in [0.5, 0.6) is 0 Å². The van der Waals surface area contributed by atoms with Crippen LogP contribution in [0.2, 0.25) is 0 Å². The number of rotatable bonds is 3. The van der Waals surface area contributed by atoms with Gasteiger partial charge >= 0.3 is 0 Å². The predicted octanol–water partition coefficient (Wildman–Crippen LogP) is 1.77. The van der Waals surface area contributed by atoms with Crippen molar-refractivity contribution in [2.24, 2.45) is 5.73 Å². The lowest BCUT2D eigenvalue weighted by Gasteiger charge is -2.22. The maximum atomic E-state index is 12.3. The minimum atomic E-state index is -0.0139. The lowest BCUT2D eigenvalue weighted by Crippen LogP contribution is -2.33. The number of pyridine rings is 1. The Morgan fingerprint density at radius 3 is 2.82 bits per heavy atom. The van der Waals surface area contributed by atoms with Gasteiger partial charge < -0.3 is 10.3 Å². The van der Waals surface area contributed by atoms with E-state index in [1.165, 1.54) is 24.1 Å². The van der Waals surface area contributed by atoms with E-state index in [-0.39, 0.29) is 10.5 Å². The molecule has 0 atom stereocenters. The maximum Gasteiger partial charge on any atom is 0.261 e. The number of nitrogens with two attached hydrogens (primary N) is 1. The van der Waals surface area contributed by atoms with Crippen LogP contribution in [0, 0.1) is 0 Å². The van der Waals surface area contributed by atoms with Gasteiger partial charge in [-0.2, -0.15) is 0 Å². The second-order valence-electron chi connectivity index (χ2n) is 4.56. The van der Waals surface area contributed by atoms with E-state index >= 15 is 0 Å². The van der Waals surface area contributed by atoms with Crippen molar-refractivity contribution in [3.05, 3.63) is 33.2 Å². The normalized spacial score (nSPS) is 14.4. The first kappa shape index (κ1) is 12.3. The van der Waals surface area contributed by atoms with Gasteiger partial charge in [0.1, 0.15) is 4.99 Å². The first-order valence-electron chi connectivity index (χ1n) is 6.20. The summed E-state index contributed by atoms with van der Waals surface area (Å²) in [5, 5.41) is 0. The average molecular weight is 250 g/mol. The fourth-order valence-corrected chi connectivity index (χ4v) is 2.66. The molecule has 0 spiro atoms. The highest BCUT2D eigenvalue weighted by molar-refractivity contribution is 7.80. The summed E-state index contributed by atoms with van der Waals surface area (Å²) < 4.78 is 1.88. The van der Waals surface area contributed by atoms with Crippen molar-refractivity contribution in [2.75, 3.05) is 0 Å². The highest BCUT2D eigenvalue weighted by Gasteiger charge is 2.18. The van der Waals surface area contributed by atoms with Crippen LogP contribution in [0.4, 0.5) is 0 Å². The number of nitrogens with zero attached hydrogens (tertiary/aromatic N) is 1. The monoisotopic (exact) mass is 250 g/mol. The Labute approximate surface area is 107 Å². The lowest BCUT2D eigenvalue weighted by atomic mass is 9.94. The van der Waals surface area contributed by atoms with Gasteiger partial charge in [-0.15, -0.1) is 0 Å². The molecule has 0 saturated carbocycles. The second kappa shape index (κ2) is 5.00. The molecule has 92 valence electrons. The second-order valence-corrected chi connectivity index (χ2v) is 5.00. The molecular formula is C13H18N2OS. The molecule has 0 unspecified atom stereocenters. The van der Waals surface area contributed by atoms with Gasteiger partial charge in [-0.25, -0.2) is 0 Å². The molecule has 0 aromatic carbocycles. The predicted molar refractivity (Wildman–Crippen MR) is 73.5 cm³/mol. The number of aryl methyl sites for hydroxylation is 1. The molecule has 17 heavy (non-hydrogen) atoms. The molecule has 1 aromatic rings. The molecule has 3 nitrogen and oxygen atoms in total. The SMILES string of the molecule is CCCn1c2c(cc(C(N)=S)c1=O)CCCC2. The largest absolute Gasteiger partial charge is 0.389 e. The van der Waals surface area contributed by atoms with E-state index in [0.29, 0.717) is 5.56 Å². The molecule has 0 radical (unpaired) electrons. The Hall–Kier alpha value is -1.16. The molecule has 2 N–H and O–H groups in total. The van der Waals surface area contributed by atoms with Crippen molar-refractivity contribution in [1.29, 1.82) is 0 Å². The van der Waals surface area contributed by atoms with Crippen molar-refractivity contribution in [3.63, 3.8) is 0 Å². The standard InChI is InChI=1S/C13H18N2OS/c1-2-7-15-11-6-4-3-5-9(11)8-10(12(14)17)13(15)16/h8H,2-7H2,1H3,(H2,14,17). The molecule has 1 aliphatic rings. The zero-order valence-electron chi connectivity index (χ0n) is 10.2. The molecule has 2 rings (SSSR count). The minimum Gasteiger partial charge on any atom is -0.389 e. The summed E-state index contributed by atoms with van der Waals surface area (Å²) in [6, 6.07) is 1.91.